The van der Waals surface area contributed by atoms with Crippen molar-refractivity contribution in [1.82, 2.24) is 4.98 Å². The van der Waals surface area contributed by atoms with Crippen molar-refractivity contribution >= 4 is 11.3 Å². The Kier molecular flexibility index (Phi) is 3.42. The Balaban J connectivity index is 1.89. The third-order valence-corrected chi connectivity index (χ3v) is 4.97. The third-order valence-electron chi connectivity index (χ3n) is 3.73. The summed E-state index contributed by atoms with van der Waals surface area (Å²) in [5.41, 5.74) is 10.0. The van der Waals surface area contributed by atoms with Gasteiger partial charge in [-0.3, -0.25) is 0 Å². The van der Waals surface area contributed by atoms with Crippen molar-refractivity contribution in [3.05, 3.63) is 51.0 Å². The normalized spacial score (nSPS) is 17.4. The Morgan fingerprint density at radius 1 is 1.37 bits per heavy atom. The molecule has 0 spiro atoms. The van der Waals surface area contributed by atoms with Crippen molar-refractivity contribution in [2.45, 2.75) is 39.2 Å². The minimum Gasteiger partial charge on any atom is -0.326 e. The highest BCUT2D eigenvalue weighted by Crippen LogP contribution is 2.42. The molecule has 1 aromatic carbocycles. The lowest BCUT2D eigenvalue weighted by molar-refractivity contribution is 0.627. The number of benzene rings is 1. The highest BCUT2D eigenvalue weighted by atomic mass is 32.1. The minimum absolute atomic E-state index is 0.507. The standard InChI is InChI=1S/C16H20N2S/c1-10(2)7-14-15(9-17)19-16(18-14)13-8-11-5-3-4-6-12(11)13/h3-6,10,13H,7-9,17H2,1-2H3. The summed E-state index contributed by atoms with van der Waals surface area (Å²) in [5.74, 6) is 1.14. The summed E-state index contributed by atoms with van der Waals surface area (Å²) in [6, 6.07) is 8.69. The van der Waals surface area contributed by atoms with Crippen LogP contribution in [0.2, 0.25) is 0 Å². The predicted octanol–water partition coefficient (Wildman–Crippen LogP) is 3.49. The summed E-state index contributed by atoms with van der Waals surface area (Å²) in [5, 5.41) is 1.26. The highest BCUT2D eigenvalue weighted by molar-refractivity contribution is 7.11. The van der Waals surface area contributed by atoms with Crippen LogP contribution in [0, 0.1) is 5.92 Å². The van der Waals surface area contributed by atoms with E-state index in [4.69, 9.17) is 10.7 Å². The van der Waals surface area contributed by atoms with Crippen LogP contribution in [0.15, 0.2) is 24.3 Å². The summed E-state index contributed by atoms with van der Waals surface area (Å²) in [4.78, 5) is 6.15. The van der Waals surface area contributed by atoms with E-state index in [-0.39, 0.29) is 0 Å². The van der Waals surface area contributed by atoms with Gasteiger partial charge in [-0.25, -0.2) is 4.98 Å². The predicted molar refractivity (Wildman–Crippen MR) is 80.5 cm³/mol. The summed E-state index contributed by atoms with van der Waals surface area (Å²) in [7, 11) is 0. The molecule has 100 valence electrons. The van der Waals surface area contributed by atoms with E-state index < -0.39 is 0 Å². The lowest BCUT2D eigenvalue weighted by Gasteiger charge is -2.28. The number of aromatic nitrogens is 1. The van der Waals surface area contributed by atoms with Crippen LogP contribution in [0.3, 0.4) is 0 Å². The van der Waals surface area contributed by atoms with Gasteiger partial charge in [0.15, 0.2) is 0 Å². The smallest absolute Gasteiger partial charge is 0.101 e. The van der Waals surface area contributed by atoms with Gasteiger partial charge < -0.3 is 5.73 Å². The third kappa shape index (κ3) is 2.33. The monoisotopic (exact) mass is 272 g/mol. The van der Waals surface area contributed by atoms with E-state index in [0.717, 1.165) is 12.8 Å². The minimum atomic E-state index is 0.507. The second kappa shape index (κ2) is 5.06. The van der Waals surface area contributed by atoms with Crippen molar-refractivity contribution in [3.8, 4) is 0 Å². The molecule has 3 heteroatoms. The van der Waals surface area contributed by atoms with E-state index in [1.165, 1.54) is 26.7 Å². The number of thiazole rings is 1. The maximum Gasteiger partial charge on any atom is 0.101 e. The second-order valence-corrected chi connectivity index (χ2v) is 6.79. The molecule has 0 radical (unpaired) electrons. The Morgan fingerprint density at radius 2 is 2.16 bits per heavy atom. The molecule has 0 fully saturated rings. The van der Waals surface area contributed by atoms with Gasteiger partial charge in [-0.2, -0.15) is 0 Å². The first-order valence-corrected chi connectivity index (χ1v) is 7.77. The SMILES string of the molecule is CC(C)Cc1nc(C2Cc3ccccc32)sc1CN. The maximum atomic E-state index is 5.86. The van der Waals surface area contributed by atoms with Gasteiger partial charge in [0.1, 0.15) is 5.01 Å². The Morgan fingerprint density at radius 3 is 2.84 bits per heavy atom. The van der Waals surface area contributed by atoms with Crippen molar-refractivity contribution < 1.29 is 0 Å². The lowest BCUT2D eigenvalue weighted by atomic mass is 9.78. The molecule has 1 aliphatic rings. The fourth-order valence-corrected chi connectivity index (χ4v) is 3.83. The van der Waals surface area contributed by atoms with E-state index in [1.807, 2.05) is 11.3 Å². The molecular formula is C16H20N2S. The summed E-state index contributed by atoms with van der Waals surface area (Å²) in [6.07, 6.45) is 2.17. The lowest BCUT2D eigenvalue weighted by Crippen LogP contribution is -2.17. The average molecular weight is 272 g/mol. The van der Waals surface area contributed by atoms with Crippen LogP contribution in [0.4, 0.5) is 0 Å². The molecular weight excluding hydrogens is 252 g/mol. The highest BCUT2D eigenvalue weighted by Gasteiger charge is 2.30. The molecule has 1 aromatic heterocycles. The van der Waals surface area contributed by atoms with Crippen LogP contribution in [-0.2, 0) is 19.4 Å². The van der Waals surface area contributed by atoms with Gasteiger partial charge >= 0.3 is 0 Å². The largest absolute Gasteiger partial charge is 0.326 e. The van der Waals surface area contributed by atoms with E-state index in [2.05, 4.69) is 38.1 Å². The molecule has 0 bridgehead atoms. The first kappa shape index (κ1) is 12.8. The molecule has 0 saturated heterocycles. The summed E-state index contributed by atoms with van der Waals surface area (Å²) >= 11 is 1.81. The molecule has 0 saturated carbocycles. The van der Waals surface area contributed by atoms with E-state index in [0.29, 0.717) is 18.4 Å². The fraction of sp³-hybridized carbons (Fsp3) is 0.438. The zero-order valence-electron chi connectivity index (χ0n) is 11.5. The molecule has 3 rings (SSSR count). The number of nitrogens with two attached hydrogens (primary N) is 1. The Hall–Kier alpha value is -1.19. The molecule has 1 heterocycles. The number of rotatable bonds is 4. The van der Waals surface area contributed by atoms with Gasteiger partial charge in [0.2, 0.25) is 0 Å². The van der Waals surface area contributed by atoms with Crippen LogP contribution in [-0.4, -0.2) is 4.98 Å². The molecule has 0 amide bonds. The van der Waals surface area contributed by atoms with Gasteiger partial charge in [-0.05, 0) is 29.9 Å². The number of nitrogens with zero attached hydrogens (tertiary/aromatic N) is 1. The zero-order valence-corrected chi connectivity index (χ0v) is 12.3. The molecule has 19 heavy (non-hydrogen) atoms. The van der Waals surface area contributed by atoms with Crippen molar-refractivity contribution in [2.24, 2.45) is 11.7 Å². The van der Waals surface area contributed by atoms with Gasteiger partial charge in [0.05, 0.1) is 5.69 Å². The number of hydrogen-bond donors (Lipinski definition) is 1. The Bertz CT molecular complexity index is 586. The quantitative estimate of drug-likeness (QED) is 0.925. The second-order valence-electron chi connectivity index (χ2n) is 5.68. The van der Waals surface area contributed by atoms with Crippen LogP contribution >= 0.6 is 11.3 Å². The molecule has 2 N–H and O–H groups in total. The fourth-order valence-electron chi connectivity index (χ4n) is 2.74. The average Bonchev–Trinajstić information content (AvgIpc) is 2.72. The van der Waals surface area contributed by atoms with Gasteiger partial charge in [0.25, 0.3) is 0 Å². The Labute approximate surface area is 118 Å². The molecule has 1 atom stereocenters. The van der Waals surface area contributed by atoms with Crippen molar-refractivity contribution in [3.63, 3.8) is 0 Å². The van der Waals surface area contributed by atoms with Gasteiger partial charge in [0, 0.05) is 17.3 Å². The number of fused-ring (bicyclic) bond motifs is 1. The number of hydrogen-bond acceptors (Lipinski definition) is 3. The van der Waals surface area contributed by atoms with Crippen LogP contribution in [0.25, 0.3) is 0 Å². The first-order chi connectivity index (χ1) is 9.19. The van der Waals surface area contributed by atoms with Crippen molar-refractivity contribution in [1.29, 1.82) is 0 Å². The van der Waals surface area contributed by atoms with Gasteiger partial charge in [-0.15, -0.1) is 11.3 Å². The van der Waals surface area contributed by atoms with Crippen LogP contribution in [0.5, 0.6) is 0 Å². The topological polar surface area (TPSA) is 38.9 Å². The maximum absolute atomic E-state index is 5.86. The summed E-state index contributed by atoms with van der Waals surface area (Å²) in [6.45, 7) is 5.09. The van der Waals surface area contributed by atoms with E-state index in [9.17, 15) is 0 Å². The van der Waals surface area contributed by atoms with Crippen LogP contribution < -0.4 is 5.73 Å². The van der Waals surface area contributed by atoms with E-state index in [1.54, 1.807) is 0 Å². The first-order valence-electron chi connectivity index (χ1n) is 6.95. The van der Waals surface area contributed by atoms with Gasteiger partial charge in [-0.1, -0.05) is 38.1 Å². The molecule has 0 aliphatic heterocycles. The molecule has 1 unspecified atom stereocenters. The zero-order chi connectivity index (χ0) is 13.4. The van der Waals surface area contributed by atoms with Crippen molar-refractivity contribution in [2.75, 3.05) is 0 Å². The summed E-state index contributed by atoms with van der Waals surface area (Å²) < 4.78 is 0. The van der Waals surface area contributed by atoms with E-state index >= 15 is 0 Å². The van der Waals surface area contributed by atoms with Crippen LogP contribution in [0.1, 0.15) is 46.5 Å². The molecule has 2 nitrogen and oxygen atoms in total. The molecule has 2 aromatic rings. The molecule has 1 aliphatic carbocycles.